The minimum atomic E-state index is -0.300. The summed E-state index contributed by atoms with van der Waals surface area (Å²) in [6.07, 6.45) is 2.87. The van der Waals surface area contributed by atoms with Crippen LogP contribution >= 0.6 is 11.6 Å². The Morgan fingerprint density at radius 2 is 1.87 bits per heavy atom. The van der Waals surface area contributed by atoms with E-state index in [4.69, 9.17) is 21.3 Å². The van der Waals surface area contributed by atoms with Gasteiger partial charge in [0, 0.05) is 30.6 Å². The number of pyridine rings is 1. The summed E-state index contributed by atoms with van der Waals surface area (Å²) >= 11 is 5.71. The van der Waals surface area contributed by atoms with Crippen LogP contribution < -0.4 is 10.1 Å². The highest BCUT2D eigenvalue weighted by Crippen LogP contribution is 2.35. The Morgan fingerprint density at radius 1 is 1.10 bits per heavy atom. The molecule has 0 aliphatic rings. The normalized spacial score (nSPS) is 10.9. The van der Waals surface area contributed by atoms with E-state index in [0.717, 1.165) is 33.8 Å². The molecule has 4 aromatic rings. The third-order valence-corrected chi connectivity index (χ3v) is 5.23. The van der Waals surface area contributed by atoms with Gasteiger partial charge >= 0.3 is 5.97 Å². The Balaban J connectivity index is 1.74. The second kappa shape index (κ2) is 9.67. The van der Waals surface area contributed by atoms with Crippen LogP contribution in [0.25, 0.3) is 16.9 Å². The maximum Gasteiger partial charge on any atom is 0.311 e. The van der Waals surface area contributed by atoms with Gasteiger partial charge in [0.2, 0.25) is 0 Å². The predicted molar refractivity (Wildman–Crippen MR) is 125 cm³/mol. The Morgan fingerprint density at radius 3 is 2.68 bits per heavy atom. The number of nitrogens with one attached hydrogen (secondary N) is 1. The number of ether oxygens (including phenoxy) is 1. The number of alkyl halides is 1. The van der Waals surface area contributed by atoms with E-state index in [9.17, 15) is 4.79 Å². The minimum absolute atomic E-state index is 0.279. The van der Waals surface area contributed by atoms with Gasteiger partial charge in [0.15, 0.2) is 0 Å². The molecule has 0 aliphatic heterocycles. The van der Waals surface area contributed by atoms with Crippen LogP contribution in [-0.4, -0.2) is 21.2 Å². The first-order chi connectivity index (χ1) is 15.2. The summed E-state index contributed by atoms with van der Waals surface area (Å²) in [6.45, 7) is 2.69. The molecule has 31 heavy (non-hydrogen) atoms. The Kier molecular flexibility index (Phi) is 6.53. The zero-order valence-corrected chi connectivity index (χ0v) is 18.1. The molecule has 0 radical (unpaired) electrons. The van der Waals surface area contributed by atoms with Crippen LogP contribution in [0.4, 0.5) is 5.82 Å². The molecular weight excluding hydrogens is 410 g/mol. The number of aryl methyl sites for hydroxylation is 1. The number of carbonyl (C=O) groups is 1. The van der Waals surface area contributed by atoms with Crippen molar-refractivity contribution in [2.75, 3.05) is 11.2 Å². The molecule has 5 nitrogen and oxygen atoms in total. The Bertz CT molecular complexity index is 1190. The molecule has 0 saturated heterocycles. The van der Waals surface area contributed by atoms with E-state index in [2.05, 4.69) is 17.4 Å². The van der Waals surface area contributed by atoms with Crippen LogP contribution in [0.1, 0.15) is 24.0 Å². The lowest BCUT2D eigenvalue weighted by atomic mass is 10.1. The molecule has 0 spiro atoms. The number of benzene rings is 2. The van der Waals surface area contributed by atoms with Crippen molar-refractivity contribution in [3.8, 4) is 17.0 Å². The molecule has 0 saturated carbocycles. The predicted octanol–water partition coefficient (Wildman–Crippen LogP) is 5.85. The highest BCUT2D eigenvalue weighted by molar-refractivity contribution is 6.17. The third kappa shape index (κ3) is 4.89. The second-order valence-corrected chi connectivity index (χ2v) is 7.72. The molecule has 1 N–H and O–H groups in total. The van der Waals surface area contributed by atoms with Gasteiger partial charge in [0.05, 0.1) is 0 Å². The van der Waals surface area contributed by atoms with Crippen molar-refractivity contribution in [2.24, 2.45) is 0 Å². The van der Waals surface area contributed by atoms with E-state index in [0.29, 0.717) is 24.6 Å². The first-order valence-electron chi connectivity index (χ1n) is 10.3. The lowest BCUT2D eigenvalue weighted by Crippen LogP contribution is -2.09. The highest BCUT2D eigenvalue weighted by atomic mass is 35.5. The molecule has 4 rings (SSSR count). The van der Waals surface area contributed by atoms with Crippen molar-refractivity contribution < 1.29 is 9.53 Å². The number of rotatable bonds is 8. The quantitative estimate of drug-likeness (QED) is 0.215. The first-order valence-corrected chi connectivity index (χ1v) is 10.8. The van der Waals surface area contributed by atoms with Crippen LogP contribution in [0, 0.1) is 6.92 Å². The topological polar surface area (TPSA) is 55.6 Å². The van der Waals surface area contributed by atoms with E-state index in [1.54, 1.807) is 6.07 Å². The third-order valence-electron chi connectivity index (χ3n) is 4.96. The lowest BCUT2D eigenvalue weighted by Gasteiger charge is -2.12. The van der Waals surface area contributed by atoms with Gasteiger partial charge in [-0.1, -0.05) is 42.5 Å². The van der Waals surface area contributed by atoms with Crippen LogP contribution in [-0.2, 0) is 11.3 Å². The minimum Gasteiger partial charge on any atom is -0.426 e. The van der Waals surface area contributed by atoms with Crippen LogP contribution in [0.2, 0.25) is 0 Å². The monoisotopic (exact) mass is 433 g/mol. The summed E-state index contributed by atoms with van der Waals surface area (Å²) < 4.78 is 7.69. The van der Waals surface area contributed by atoms with Gasteiger partial charge in [-0.05, 0) is 48.7 Å². The summed E-state index contributed by atoms with van der Waals surface area (Å²) in [5.74, 6) is 1.47. The number of carbonyl (C=O) groups excluding carboxylic acids is 1. The molecule has 158 valence electrons. The van der Waals surface area contributed by atoms with E-state index in [1.165, 1.54) is 0 Å². The van der Waals surface area contributed by atoms with Gasteiger partial charge in [0.1, 0.15) is 22.9 Å². The van der Waals surface area contributed by atoms with Crippen molar-refractivity contribution >= 4 is 29.0 Å². The van der Waals surface area contributed by atoms with Crippen molar-refractivity contribution in [2.45, 2.75) is 26.3 Å². The van der Waals surface area contributed by atoms with Crippen LogP contribution in [0.15, 0.2) is 72.9 Å². The number of hydrogen-bond donors (Lipinski definition) is 1. The molecule has 0 amide bonds. The number of nitrogens with zero attached hydrogens (tertiary/aromatic N) is 2. The number of anilines is 1. The molecule has 6 heteroatoms. The summed E-state index contributed by atoms with van der Waals surface area (Å²) in [7, 11) is 0. The number of halogens is 1. The van der Waals surface area contributed by atoms with Crippen molar-refractivity contribution in [3.05, 3.63) is 84.1 Å². The molecule has 0 fully saturated rings. The van der Waals surface area contributed by atoms with Crippen LogP contribution in [0.5, 0.6) is 5.75 Å². The lowest BCUT2D eigenvalue weighted by molar-refractivity contribution is -0.134. The zero-order chi connectivity index (χ0) is 21.6. The van der Waals surface area contributed by atoms with Gasteiger partial charge in [-0.2, -0.15) is 0 Å². The summed E-state index contributed by atoms with van der Waals surface area (Å²) in [5, 5.41) is 3.53. The number of para-hydroxylation sites is 1. The average Bonchev–Trinajstić information content (AvgIpc) is 3.14. The summed E-state index contributed by atoms with van der Waals surface area (Å²) in [5.41, 5.74) is 4.62. The maximum absolute atomic E-state index is 12.2. The molecule has 0 bridgehead atoms. The van der Waals surface area contributed by atoms with Crippen molar-refractivity contribution in [1.82, 2.24) is 9.38 Å². The first kappa shape index (κ1) is 20.9. The van der Waals surface area contributed by atoms with E-state index in [1.807, 2.05) is 66.1 Å². The van der Waals surface area contributed by atoms with E-state index in [-0.39, 0.29) is 12.4 Å². The number of imidazole rings is 1. The molecule has 2 aromatic heterocycles. The molecule has 2 aromatic carbocycles. The second-order valence-electron chi connectivity index (χ2n) is 7.34. The fourth-order valence-corrected chi connectivity index (χ4v) is 3.55. The number of fused-ring (bicyclic) bond motifs is 1. The molecule has 0 unspecified atom stereocenters. The zero-order valence-electron chi connectivity index (χ0n) is 17.3. The number of esters is 1. The standard InChI is InChI=1S/C25H24ClN3O2/c1-18-13-15-29-22(16-18)28-24(25(29)27-17-19-8-3-2-4-9-19)20-10-5-6-11-21(20)31-23(30)12-7-14-26/h2-6,8-11,13,15-16,27H,7,12,14,17H2,1H3. The van der Waals surface area contributed by atoms with E-state index < -0.39 is 0 Å². The number of hydrogen-bond acceptors (Lipinski definition) is 4. The van der Waals surface area contributed by atoms with Gasteiger partial charge in [-0.25, -0.2) is 4.98 Å². The van der Waals surface area contributed by atoms with Gasteiger partial charge in [-0.3, -0.25) is 9.20 Å². The van der Waals surface area contributed by atoms with Gasteiger partial charge in [-0.15, -0.1) is 11.6 Å². The molecular formula is C25H24ClN3O2. The van der Waals surface area contributed by atoms with Crippen molar-refractivity contribution in [3.63, 3.8) is 0 Å². The summed E-state index contributed by atoms with van der Waals surface area (Å²) in [6, 6.07) is 21.8. The average molecular weight is 434 g/mol. The Hall–Kier alpha value is -3.31. The van der Waals surface area contributed by atoms with Crippen LogP contribution in [0.3, 0.4) is 0 Å². The van der Waals surface area contributed by atoms with E-state index >= 15 is 0 Å². The smallest absolute Gasteiger partial charge is 0.311 e. The fourth-order valence-electron chi connectivity index (χ4n) is 3.42. The highest BCUT2D eigenvalue weighted by Gasteiger charge is 2.19. The molecule has 0 aliphatic carbocycles. The van der Waals surface area contributed by atoms with Gasteiger partial charge < -0.3 is 10.1 Å². The van der Waals surface area contributed by atoms with Gasteiger partial charge in [0.25, 0.3) is 0 Å². The number of aromatic nitrogens is 2. The SMILES string of the molecule is Cc1ccn2c(NCc3ccccc3)c(-c3ccccc3OC(=O)CCCCl)nc2c1. The molecule has 2 heterocycles. The largest absolute Gasteiger partial charge is 0.426 e. The molecule has 0 atom stereocenters. The fraction of sp³-hybridized carbons (Fsp3) is 0.200. The maximum atomic E-state index is 12.2. The summed E-state index contributed by atoms with van der Waals surface area (Å²) in [4.78, 5) is 17.1. The van der Waals surface area contributed by atoms with Crippen molar-refractivity contribution in [1.29, 1.82) is 0 Å². The Labute approximate surface area is 186 Å².